The number of hydrogen-bond donors (Lipinski definition) is 1. The molecule has 0 aliphatic rings. The van der Waals surface area contributed by atoms with E-state index in [9.17, 15) is 9.59 Å². The summed E-state index contributed by atoms with van der Waals surface area (Å²) in [5.41, 5.74) is 0.559. The molecule has 2 amide bonds. The molecular formula is C13H17BrN2O2. The minimum atomic E-state index is -0.172. The van der Waals surface area contributed by atoms with Crippen LogP contribution in [0.2, 0.25) is 0 Å². The molecule has 1 N–H and O–H groups in total. The van der Waals surface area contributed by atoms with Crippen LogP contribution in [0.4, 0.5) is 0 Å². The molecule has 4 nitrogen and oxygen atoms in total. The maximum Gasteiger partial charge on any atom is 0.255 e. The van der Waals surface area contributed by atoms with Crippen molar-refractivity contribution in [1.82, 2.24) is 10.2 Å². The van der Waals surface area contributed by atoms with Crippen molar-refractivity contribution < 1.29 is 9.59 Å². The quantitative estimate of drug-likeness (QED) is 0.904. The Morgan fingerprint density at radius 3 is 2.61 bits per heavy atom. The third kappa shape index (κ3) is 4.14. The van der Waals surface area contributed by atoms with Crippen LogP contribution in [-0.4, -0.2) is 36.9 Å². The summed E-state index contributed by atoms with van der Waals surface area (Å²) in [6.45, 7) is 2.69. The summed E-state index contributed by atoms with van der Waals surface area (Å²) >= 11 is 3.33. The van der Waals surface area contributed by atoms with E-state index in [0.29, 0.717) is 12.1 Å². The molecule has 0 spiro atoms. The standard InChI is InChI=1S/C13H17BrN2O2/c1-3-8-15-12(17)9-16(2)13(18)10-6-4-5-7-11(10)14/h4-7H,3,8-9H2,1-2H3,(H,15,17). The first-order valence-electron chi connectivity index (χ1n) is 5.83. The van der Waals surface area contributed by atoms with Crippen molar-refractivity contribution in [3.05, 3.63) is 34.3 Å². The molecule has 18 heavy (non-hydrogen) atoms. The summed E-state index contributed by atoms with van der Waals surface area (Å²) in [6, 6.07) is 7.17. The molecule has 0 atom stereocenters. The molecule has 98 valence electrons. The fourth-order valence-corrected chi connectivity index (χ4v) is 1.90. The summed E-state index contributed by atoms with van der Waals surface area (Å²) < 4.78 is 0.732. The van der Waals surface area contributed by atoms with E-state index in [1.807, 2.05) is 13.0 Å². The van der Waals surface area contributed by atoms with E-state index in [1.54, 1.807) is 25.2 Å². The summed E-state index contributed by atoms with van der Waals surface area (Å²) in [5.74, 6) is -0.311. The van der Waals surface area contributed by atoms with Crippen LogP contribution < -0.4 is 5.32 Å². The highest BCUT2D eigenvalue weighted by atomic mass is 79.9. The summed E-state index contributed by atoms with van der Waals surface area (Å²) in [5, 5.41) is 2.74. The van der Waals surface area contributed by atoms with Crippen LogP contribution in [0, 0.1) is 0 Å². The maximum atomic E-state index is 12.1. The Morgan fingerprint density at radius 2 is 2.00 bits per heavy atom. The second-order valence-corrected chi connectivity index (χ2v) is 4.85. The summed E-state index contributed by atoms with van der Waals surface area (Å²) in [7, 11) is 1.62. The van der Waals surface area contributed by atoms with Gasteiger partial charge in [-0.25, -0.2) is 0 Å². The predicted molar refractivity (Wildman–Crippen MR) is 74.4 cm³/mol. The molecular weight excluding hydrogens is 296 g/mol. The van der Waals surface area contributed by atoms with Gasteiger partial charge in [-0.1, -0.05) is 19.1 Å². The average molecular weight is 313 g/mol. The number of nitrogens with zero attached hydrogens (tertiary/aromatic N) is 1. The van der Waals surface area contributed by atoms with Crippen molar-refractivity contribution in [3.8, 4) is 0 Å². The van der Waals surface area contributed by atoms with Gasteiger partial charge >= 0.3 is 0 Å². The first kappa shape index (κ1) is 14.7. The highest BCUT2D eigenvalue weighted by molar-refractivity contribution is 9.10. The lowest BCUT2D eigenvalue weighted by Crippen LogP contribution is -2.38. The Kier molecular flexibility index (Phi) is 5.85. The molecule has 1 aromatic carbocycles. The van der Waals surface area contributed by atoms with Crippen LogP contribution >= 0.6 is 15.9 Å². The summed E-state index contributed by atoms with van der Waals surface area (Å²) in [6.07, 6.45) is 0.883. The minimum absolute atomic E-state index is 0.0696. The van der Waals surface area contributed by atoms with Crippen LogP contribution in [0.5, 0.6) is 0 Å². The number of hydrogen-bond acceptors (Lipinski definition) is 2. The van der Waals surface area contributed by atoms with Crippen molar-refractivity contribution in [2.24, 2.45) is 0 Å². The minimum Gasteiger partial charge on any atom is -0.355 e. The normalized spacial score (nSPS) is 9.94. The van der Waals surface area contributed by atoms with Gasteiger partial charge in [0.15, 0.2) is 0 Å². The lowest BCUT2D eigenvalue weighted by atomic mass is 10.2. The lowest BCUT2D eigenvalue weighted by Gasteiger charge is -2.17. The van der Waals surface area contributed by atoms with Gasteiger partial charge in [-0.3, -0.25) is 9.59 Å². The first-order valence-corrected chi connectivity index (χ1v) is 6.62. The van der Waals surface area contributed by atoms with Gasteiger partial charge in [0, 0.05) is 18.1 Å². The molecule has 1 aromatic rings. The molecule has 0 fully saturated rings. The van der Waals surface area contributed by atoms with E-state index in [4.69, 9.17) is 0 Å². The zero-order valence-electron chi connectivity index (χ0n) is 10.6. The largest absolute Gasteiger partial charge is 0.355 e. The number of amides is 2. The van der Waals surface area contributed by atoms with E-state index in [-0.39, 0.29) is 18.4 Å². The highest BCUT2D eigenvalue weighted by Gasteiger charge is 2.16. The zero-order valence-corrected chi connectivity index (χ0v) is 12.2. The third-order valence-electron chi connectivity index (χ3n) is 2.40. The predicted octanol–water partition coefficient (Wildman–Crippen LogP) is 2.05. The molecule has 1 rings (SSSR count). The van der Waals surface area contributed by atoms with E-state index in [1.165, 1.54) is 4.90 Å². The van der Waals surface area contributed by atoms with Gasteiger partial charge < -0.3 is 10.2 Å². The second-order valence-electron chi connectivity index (χ2n) is 3.99. The van der Waals surface area contributed by atoms with Gasteiger partial charge in [-0.15, -0.1) is 0 Å². The highest BCUT2D eigenvalue weighted by Crippen LogP contribution is 2.17. The molecule has 0 aliphatic carbocycles. The van der Waals surface area contributed by atoms with Crippen LogP contribution in [0.15, 0.2) is 28.7 Å². The molecule has 5 heteroatoms. The van der Waals surface area contributed by atoms with E-state index in [2.05, 4.69) is 21.2 Å². The Balaban J connectivity index is 2.62. The maximum absolute atomic E-state index is 12.1. The van der Waals surface area contributed by atoms with E-state index >= 15 is 0 Å². The second kappa shape index (κ2) is 7.16. The molecule has 0 aliphatic heterocycles. The number of carbonyl (C=O) groups is 2. The van der Waals surface area contributed by atoms with Crippen LogP contribution in [0.25, 0.3) is 0 Å². The zero-order chi connectivity index (χ0) is 13.5. The van der Waals surface area contributed by atoms with Crippen LogP contribution in [0.3, 0.4) is 0 Å². The molecule has 0 aromatic heterocycles. The van der Waals surface area contributed by atoms with Gasteiger partial charge in [-0.05, 0) is 34.5 Å². The van der Waals surface area contributed by atoms with Crippen molar-refractivity contribution in [2.75, 3.05) is 20.1 Å². The summed E-state index contributed by atoms with van der Waals surface area (Å²) in [4.78, 5) is 25.0. The topological polar surface area (TPSA) is 49.4 Å². The van der Waals surface area contributed by atoms with E-state index in [0.717, 1.165) is 10.9 Å². The molecule has 0 radical (unpaired) electrons. The van der Waals surface area contributed by atoms with E-state index < -0.39 is 0 Å². The number of carbonyl (C=O) groups excluding carboxylic acids is 2. The number of likely N-dealkylation sites (N-methyl/N-ethyl adjacent to an activating group) is 1. The third-order valence-corrected chi connectivity index (χ3v) is 3.10. The van der Waals surface area contributed by atoms with Crippen molar-refractivity contribution in [1.29, 1.82) is 0 Å². The van der Waals surface area contributed by atoms with Gasteiger partial charge in [0.25, 0.3) is 5.91 Å². The smallest absolute Gasteiger partial charge is 0.255 e. The van der Waals surface area contributed by atoms with Crippen LogP contribution in [0.1, 0.15) is 23.7 Å². The van der Waals surface area contributed by atoms with Crippen molar-refractivity contribution in [3.63, 3.8) is 0 Å². The fraction of sp³-hybridized carbons (Fsp3) is 0.385. The Labute approximate surface area is 115 Å². The number of rotatable bonds is 5. The van der Waals surface area contributed by atoms with Gasteiger partial charge in [0.1, 0.15) is 0 Å². The van der Waals surface area contributed by atoms with Gasteiger partial charge in [0.2, 0.25) is 5.91 Å². The molecule has 0 saturated carbocycles. The average Bonchev–Trinajstić information content (AvgIpc) is 2.36. The monoisotopic (exact) mass is 312 g/mol. The molecule has 0 bridgehead atoms. The molecule has 0 heterocycles. The first-order chi connectivity index (χ1) is 8.56. The molecule has 0 saturated heterocycles. The number of benzene rings is 1. The van der Waals surface area contributed by atoms with Crippen molar-refractivity contribution in [2.45, 2.75) is 13.3 Å². The lowest BCUT2D eigenvalue weighted by molar-refractivity contribution is -0.121. The molecule has 0 unspecified atom stereocenters. The van der Waals surface area contributed by atoms with Crippen molar-refractivity contribution >= 4 is 27.7 Å². The fourth-order valence-electron chi connectivity index (χ4n) is 1.45. The SMILES string of the molecule is CCCNC(=O)CN(C)C(=O)c1ccccc1Br. The van der Waals surface area contributed by atoms with Crippen LogP contribution in [-0.2, 0) is 4.79 Å². The number of halogens is 1. The van der Waals surface area contributed by atoms with Gasteiger partial charge in [0.05, 0.1) is 12.1 Å². The number of nitrogens with one attached hydrogen (secondary N) is 1. The Hall–Kier alpha value is -1.36. The Bertz CT molecular complexity index is 435. The Morgan fingerprint density at radius 1 is 1.33 bits per heavy atom. The van der Waals surface area contributed by atoms with Gasteiger partial charge in [-0.2, -0.15) is 0 Å².